The van der Waals surface area contributed by atoms with Gasteiger partial charge in [-0.3, -0.25) is 9.69 Å². The van der Waals surface area contributed by atoms with Gasteiger partial charge in [0.25, 0.3) is 11.8 Å². The molecule has 1 aromatic carbocycles. The van der Waals surface area contributed by atoms with Gasteiger partial charge in [-0.05, 0) is 36.2 Å². The van der Waals surface area contributed by atoms with Crippen LogP contribution in [0.3, 0.4) is 0 Å². The number of aliphatic imine (C=N–C) groups is 1. The van der Waals surface area contributed by atoms with Crippen LogP contribution in [0.25, 0.3) is 11.1 Å². The average molecular weight is 337 g/mol. The highest BCUT2D eigenvalue weighted by molar-refractivity contribution is 6.00. The van der Waals surface area contributed by atoms with Gasteiger partial charge in [-0.15, -0.1) is 0 Å². The maximum Gasteiger partial charge on any atom is 0.260 e. The van der Waals surface area contributed by atoms with Crippen molar-refractivity contribution in [3.8, 4) is 22.8 Å². The van der Waals surface area contributed by atoms with Crippen LogP contribution in [0.4, 0.5) is 0 Å². The van der Waals surface area contributed by atoms with Gasteiger partial charge in [0.1, 0.15) is 5.82 Å². The van der Waals surface area contributed by atoms with Crippen molar-refractivity contribution in [2.75, 3.05) is 14.2 Å². The van der Waals surface area contributed by atoms with Gasteiger partial charge in [0, 0.05) is 23.5 Å². The second-order valence-electron chi connectivity index (χ2n) is 5.50. The molecule has 3 rings (SSSR count). The molecule has 0 N–H and O–H groups in total. The first-order valence-electron chi connectivity index (χ1n) is 7.79. The number of nitrogens with zero attached hydrogens (tertiary/aromatic N) is 3. The van der Waals surface area contributed by atoms with E-state index in [-0.39, 0.29) is 5.91 Å². The van der Waals surface area contributed by atoms with Crippen LogP contribution in [0.1, 0.15) is 22.8 Å². The van der Waals surface area contributed by atoms with Crippen molar-refractivity contribution >= 4 is 12.1 Å². The first-order chi connectivity index (χ1) is 12.1. The molecule has 0 atom stereocenters. The van der Waals surface area contributed by atoms with Crippen LogP contribution in [0.5, 0.6) is 11.6 Å². The van der Waals surface area contributed by atoms with Crippen molar-refractivity contribution in [3.63, 3.8) is 0 Å². The summed E-state index contributed by atoms with van der Waals surface area (Å²) in [5, 5.41) is 0. The summed E-state index contributed by atoms with van der Waals surface area (Å²) in [6.07, 6.45) is 3.34. The number of hydrogen-bond acceptors (Lipinski definition) is 5. The number of rotatable bonds is 5. The molecule has 0 fully saturated rings. The number of carbonyl (C=O) groups excluding carboxylic acids is 1. The molecule has 6 heteroatoms. The lowest BCUT2D eigenvalue weighted by Crippen LogP contribution is -2.21. The van der Waals surface area contributed by atoms with Crippen molar-refractivity contribution < 1.29 is 14.3 Å². The Labute approximate surface area is 146 Å². The zero-order valence-corrected chi connectivity index (χ0v) is 14.4. The fourth-order valence-electron chi connectivity index (χ4n) is 2.82. The summed E-state index contributed by atoms with van der Waals surface area (Å²) in [6, 6.07) is 7.57. The minimum atomic E-state index is -0.0809. The van der Waals surface area contributed by atoms with Crippen LogP contribution in [0.15, 0.2) is 47.9 Å². The van der Waals surface area contributed by atoms with Crippen LogP contribution in [0, 0.1) is 0 Å². The van der Waals surface area contributed by atoms with Gasteiger partial charge in [-0.25, -0.2) is 9.98 Å². The number of pyridine rings is 1. The molecule has 1 amide bonds. The molecule has 1 aliphatic rings. The lowest BCUT2D eigenvalue weighted by Gasteiger charge is -2.13. The fourth-order valence-corrected chi connectivity index (χ4v) is 2.82. The number of carbonyl (C=O) groups is 1. The van der Waals surface area contributed by atoms with E-state index in [0.717, 1.165) is 16.7 Å². The molecule has 2 aromatic rings. The molecule has 0 spiro atoms. The predicted octanol–water partition coefficient (Wildman–Crippen LogP) is 3.28. The van der Waals surface area contributed by atoms with E-state index in [9.17, 15) is 4.79 Å². The van der Waals surface area contributed by atoms with Crippen LogP contribution >= 0.6 is 0 Å². The van der Waals surface area contributed by atoms with Gasteiger partial charge in [0.2, 0.25) is 0 Å². The summed E-state index contributed by atoms with van der Waals surface area (Å²) in [6.45, 7) is 6.10. The quantitative estimate of drug-likeness (QED) is 0.786. The van der Waals surface area contributed by atoms with E-state index in [1.54, 1.807) is 38.5 Å². The molecule has 25 heavy (non-hydrogen) atoms. The number of methoxy groups -OCH3 is 2. The van der Waals surface area contributed by atoms with Crippen molar-refractivity contribution in [1.29, 1.82) is 0 Å². The topological polar surface area (TPSA) is 64.0 Å². The largest absolute Gasteiger partial charge is 0.491 e. The zero-order valence-electron chi connectivity index (χ0n) is 14.4. The molecular formula is C19H19N3O3. The van der Waals surface area contributed by atoms with Crippen molar-refractivity contribution in [3.05, 3.63) is 54.0 Å². The standard InChI is InChI=1S/C19H19N3O3/c1-5-20-12(2)22-11-15-8-13(6-7-16(15)19(22)23)14-9-17(24-3)18(25-4)21-10-14/h5-10H,2,11H2,1,3-4H3/b20-5-. The Kier molecular flexibility index (Phi) is 4.52. The fraction of sp³-hybridized carbons (Fsp3) is 0.211. The lowest BCUT2D eigenvalue weighted by molar-refractivity contribution is 0.0826. The van der Waals surface area contributed by atoms with E-state index in [1.807, 2.05) is 24.3 Å². The van der Waals surface area contributed by atoms with E-state index in [4.69, 9.17) is 9.47 Å². The van der Waals surface area contributed by atoms with Gasteiger partial charge in [-0.2, -0.15) is 0 Å². The number of fused-ring (bicyclic) bond motifs is 1. The summed E-state index contributed by atoms with van der Waals surface area (Å²) in [5.74, 6) is 1.35. The molecule has 0 radical (unpaired) electrons. The maximum atomic E-state index is 12.5. The first-order valence-corrected chi connectivity index (χ1v) is 7.79. The zero-order chi connectivity index (χ0) is 18.0. The van der Waals surface area contributed by atoms with E-state index < -0.39 is 0 Å². The normalized spacial score (nSPS) is 13.2. The molecule has 1 aliphatic heterocycles. The molecule has 0 unspecified atom stereocenters. The third kappa shape index (κ3) is 2.98. The van der Waals surface area contributed by atoms with Gasteiger partial charge < -0.3 is 9.47 Å². The summed E-state index contributed by atoms with van der Waals surface area (Å²) < 4.78 is 10.5. The van der Waals surface area contributed by atoms with Crippen molar-refractivity contribution in [1.82, 2.24) is 9.88 Å². The minimum Gasteiger partial charge on any atom is -0.491 e. The molecule has 6 nitrogen and oxygen atoms in total. The highest BCUT2D eigenvalue weighted by Crippen LogP contribution is 2.33. The lowest BCUT2D eigenvalue weighted by atomic mass is 10.0. The Morgan fingerprint density at radius 3 is 2.76 bits per heavy atom. The summed E-state index contributed by atoms with van der Waals surface area (Å²) in [5.41, 5.74) is 3.44. The smallest absolute Gasteiger partial charge is 0.260 e. The van der Waals surface area contributed by atoms with Gasteiger partial charge >= 0.3 is 0 Å². The predicted molar refractivity (Wildman–Crippen MR) is 96.0 cm³/mol. The Morgan fingerprint density at radius 2 is 2.08 bits per heavy atom. The molecule has 2 heterocycles. The Morgan fingerprint density at radius 1 is 1.28 bits per heavy atom. The monoisotopic (exact) mass is 337 g/mol. The summed E-state index contributed by atoms with van der Waals surface area (Å²) in [4.78, 5) is 22.4. The second kappa shape index (κ2) is 6.76. The van der Waals surface area contributed by atoms with Gasteiger partial charge in [-0.1, -0.05) is 12.6 Å². The van der Waals surface area contributed by atoms with Crippen LogP contribution in [0.2, 0.25) is 0 Å². The third-order valence-corrected chi connectivity index (χ3v) is 4.06. The van der Waals surface area contributed by atoms with E-state index in [0.29, 0.717) is 29.6 Å². The van der Waals surface area contributed by atoms with Crippen molar-refractivity contribution in [2.45, 2.75) is 13.5 Å². The minimum absolute atomic E-state index is 0.0809. The number of hydrogen-bond donors (Lipinski definition) is 0. The van der Waals surface area contributed by atoms with Crippen LogP contribution in [-0.2, 0) is 6.54 Å². The number of aromatic nitrogens is 1. The third-order valence-electron chi connectivity index (χ3n) is 4.06. The molecule has 0 aliphatic carbocycles. The van der Waals surface area contributed by atoms with Crippen LogP contribution in [-0.4, -0.2) is 36.2 Å². The number of amides is 1. The molecular weight excluding hydrogens is 318 g/mol. The molecule has 128 valence electrons. The highest BCUT2D eigenvalue weighted by atomic mass is 16.5. The molecule has 1 aromatic heterocycles. The van der Waals surface area contributed by atoms with E-state index in [2.05, 4.69) is 16.6 Å². The average Bonchev–Trinajstić information content (AvgIpc) is 2.97. The summed E-state index contributed by atoms with van der Waals surface area (Å²) >= 11 is 0. The van der Waals surface area contributed by atoms with Gasteiger partial charge in [0.05, 0.1) is 20.8 Å². The number of benzene rings is 1. The summed E-state index contributed by atoms with van der Waals surface area (Å²) in [7, 11) is 3.12. The molecule has 0 saturated carbocycles. The van der Waals surface area contributed by atoms with Crippen molar-refractivity contribution in [2.24, 2.45) is 4.99 Å². The van der Waals surface area contributed by atoms with E-state index >= 15 is 0 Å². The van der Waals surface area contributed by atoms with Crippen LogP contribution < -0.4 is 9.47 Å². The highest BCUT2D eigenvalue weighted by Gasteiger charge is 2.29. The number of ether oxygens (including phenoxy) is 2. The first kappa shape index (κ1) is 16.7. The second-order valence-corrected chi connectivity index (χ2v) is 5.50. The van der Waals surface area contributed by atoms with E-state index in [1.165, 1.54) is 0 Å². The van der Waals surface area contributed by atoms with Gasteiger partial charge in [0.15, 0.2) is 5.75 Å². The SMILES string of the molecule is C=C(/N=C\C)N1Cc2cc(-c3cnc(OC)c(OC)c3)ccc2C1=O. The molecule has 0 bridgehead atoms. The Hall–Kier alpha value is -3.15. The Balaban J connectivity index is 1.95. The maximum absolute atomic E-state index is 12.5. The Bertz CT molecular complexity index is 874. The molecule has 0 saturated heterocycles.